The number of aromatic carboxylic acids is 1. The second kappa shape index (κ2) is 8.35. The molecule has 1 rings (SSSR count). The van der Waals surface area contributed by atoms with E-state index in [9.17, 15) is 9.59 Å². The smallest absolute Gasteiger partial charge is 0.339 e. The average Bonchev–Trinajstić information content (AvgIpc) is 2.44. The molecule has 1 atom stereocenters. The summed E-state index contributed by atoms with van der Waals surface area (Å²) in [6.07, 6.45) is 4.48. The number of esters is 1. The third-order valence-corrected chi connectivity index (χ3v) is 3.14. The summed E-state index contributed by atoms with van der Waals surface area (Å²) < 4.78 is 5.47. The predicted molar refractivity (Wildman–Crippen MR) is 77.0 cm³/mol. The molecule has 0 bridgehead atoms. The molecule has 0 aliphatic carbocycles. The summed E-state index contributed by atoms with van der Waals surface area (Å²) in [7, 11) is 0. The van der Waals surface area contributed by atoms with E-state index >= 15 is 0 Å². The van der Waals surface area contributed by atoms with Crippen LogP contribution in [0, 0.1) is 0 Å². The molecule has 20 heavy (non-hydrogen) atoms. The van der Waals surface area contributed by atoms with Crippen molar-refractivity contribution >= 4 is 11.9 Å². The van der Waals surface area contributed by atoms with E-state index in [1.54, 1.807) is 12.1 Å². The first-order valence-corrected chi connectivity index (χ1v) is 7.13. The number of unbranched alkanes of at least 4 members (excludes halogenated alkanes) is 1. The molecule has 0 heterocycles. The van der Waals surface area contributed by atoms with E-state index in [0.29, 0.717) is 0 Å². The number of carbonyl (C=O) groups is 2. The minimum Gasteiger partial charge on any atom is -0.478 e. The number of carbonyl (C=O) groups excluding carboxylic acids is 1. The molecule has 110 valence electrons. The van der Waals surface area contributed by atoms with Crippen molar-refractivity contribution < 1.29 is 19.4 Å². The maximum atomic E-state index is 12.1. The van der Waals surface area contributed by atoms with E-state index in [4.69, 9.17) is 9.84 Å². The van der Waals surface area contributed by atoms with Crippen molar-refractivity contribution in [3.8, 4) is 0 Å². The highest BCUT2D eigenvalue weighted by Crippen LogP contribution is 2.16. The lowest BCUT2D eigenvalue weighted by atomic mass is 10.1. The zero-order chi connectivity index (χ0) is 15.0. The predicted octanol–water partition coefficient (Wildman–Crippen LogP) is 3.90. The first kappa shape index (κ1) is 16.2. The molecule has 1 aromatic carbocycles. The largest absolute Gasteiger partial charge is 0.478 e. The topological polar surface area (TPSA) is 63.6 Å². The second-order valence-corrected chi connectivity index (χ2v) is 4.81. The van der Waals surface area contributed by atoms with Gasteiger partial charge in [0.2, 0.25) is 0 Å². The van der Waals surface area contributed by atoms with Gasteiger partial charge in [0.1, 0.15) is 6.10 Å². The van der Waals surface area contributed by atoms with Gasteiger partial charge in [0.25, 0.3) is 0 Å². The van der Waals surface area contributed by atoms with Gasteiger partial charge in [-0.15, -0.1) is 0 Å². The van der Waals surface area contributed by atoms with Crippen molar-refractivity contribution in [2.75, 3.05) is 0 Å². The van der Waals surface area contributed by atoms with Crippen molar-refractivity contribution in [3.63, 3.8) is 0 Å². The third kappa shape index (κ3) is 4.68. The lowest BCUT2D eigenvalue weighted by Crippen LogP contribution is -2.20. The van der Waals surface area contributed by atoms with Crippen molar-refractivity contribution in [2.45, 2.75) is 52.1 Å². The van der Waals surface area contributed by atoms with Crippen LogP contribution in [0.4, 0.5) is 0 Å². The molecule has 0 unspecified atom stereocenters. The van der Waals surface area contributed by atoms with E-state index in [-0.39, 0.29) is 17.2 Å². The van der Waals surface area contributed by atoms with E-state index in [1.165, 1.54) is 12.1 Å². The molecule has 1 N–H and O–H groups in total. The van der Waals surface area contributed by atoms with Gasteiger partial charge in [-0.05, 0) is 25.0 Å². The Balaban J connectivity index is 2.80. The van der Waals surface area contributed by atoms with Crippen LogP contribution in [0.25, 0.3) is 0 Å². The summed E-state index contributed by atoms with van der Waals surface area (Å²) in [5.41, 5.74) is 0.112. The summed E-state index contributed by atoms with van der Waals surface area (Å²) in [5, 5.41) is 9.09. The van der Waals surface area contributed by atoms with Crippen molar-refractivity contribution in [1.29, 1.82) is 0 Å². The summed E-state index contributed by atoms with van der Waals surface area (Å²) in [6, 6.07) is 6.15. The normalized spacial score (nSPS) is 11.9. The van der Waals surface area contributed by atoms with E-state index in [2.05, 4.69) is 6.92 Å². The number of hydrogen-bond donors (Lipinski definition) is 1. The SMILES string of the molecule is CCCC[C@H](CCC)OC(=O)c1ccccc1C(=O)O. The van der Waals surface area contributed by atoms with Crippen LogP contribution < -0.4 is 0 Å². The number of carboxylic acid groups (broad SMARTS) is 1. The molecule has 0 radical (unpaired) electrons. The van der Waals surface area contributed by atoms with Crippen LogP contribution >= 0.6 is 0 Å². The first-order chi connectivity index (χ1) is 9.60. The van der Waals surface area contributed by atoms with Gasteiger partial charge in [-0.25, -0.2) is 9.59 Å². The minimum absolute atomic E-state index is 0.0109. The Hall–Kier alpha value is -1.84. The molecule has 0 saturated heterocycles. The highest BCUT2D eigenvalue weighted by molar-refractivity contribution is 6.02. The van der Waals surface area contributed by atoms with Crippen LogP contribution in [-0.4, -0.2) is 23.1 Å². The quantitative estimate of drug-likeness (QED) is 0.732. The molecule has 0 aromatic heterocycles. The summed E-state index contributed by atoms with van der Waals surface area (Å²) in [4.78, 5) is 23.2. The summed E-state index contributed by atoms with van der Waals surface area (Å²) >= 11 is 0. The summed E-state index contributed by atoms with van der Waals surface area (Å²) in [6.45, 7) is 4.13. The Morgan fingerprint density at radius 1 is 1.10 bits per heavy atom. The van der Waals surface area contributed by atoms with Crippen LogP contribution in [0.2, 0.25) is 0 Å². The second-order valence-electron chi connectivity index (χ2n) is 4.81. The van der Waals surface area contributed by atoms with Gasteiger partial charge in [0.05, 0.1) is 11.1 Å². The van der Waals surface area contributed by atoms with Crippen molar-refractivity contribution in [3.05, 3.63) is 35.4 Å². The molecule has 0 spiro atoms. The molecule has 4 heteroatoms. The summed E-state index contributed by atoms with van der Waals surface area (Å²) in [5.74, 6) is -1.66. The molecule has 0 fully saturated rings. The number of rotatable bonds is 8. The number of ether oxygens (including phenoxy) is 1. The molecular weight excluding hydrogens is 256 g/mol. The Kier molecular flexibility index (Phi) is 6.77. The van der Waals surface area contributed by atoms with E-state index < -0.39 is 11.9 Å². The number of hydrogen-bond acceptors (Lipinski definition) is 3. The Morgan fingerprint density at radius 2 is 1.75 bits per heavy atom. The number of carboxylic acids is 1. The van der Waals surface area contributed by atoms with Gasteiger partial charge in [-0.2, -0.15) is 0 Å². The highest BCUT2D eigenvalue weighted by atomic mass is 16.5. The fraction of sp³-hybridized carbons (Fsp3) is 0.500. The monoisotopic (exact) mass is 278 g/mol. The molecule has 0 aliphatic rings. The standard InChI is InChI=1S/C16H22O4/c1-3-5-9-12(8-4-2)20-16(19)14-11-7-6-10-13(14)15(17)18/h6-7,10-12H,3-5,8-9H2,1-2H3,(H,17,18)/t12-/m0/s1. The van der Waals surface area contributed by atoms with Crippen LogP contribution in [0.1, 0.15) is 66.7 Å². The van der Waals surface area contributed by atoms with Crippen LogP contribution in [-0.2, 0) is 4.74 Å². The van der Waals surface area contributed by atoms with Crippen LogP contribution in [0.5, 0.6) is 0 Å². The minimum atomic E-state index is -1.11. The number of benzene rings is 1. The van der Waals surface area contributed by atoms with Gasteiger partial charge >= 0.3 is 11.9 Å². The average molecular weight is 278 g/mol. The fourth-order valence-corrected chi connectivity index (χ4v) is 2.08. The van der Waals surface area contributed by atoms with Crippen molar-refractivity contribution in [2.24, 2.45) is 0 Å². The lowest BCUT2D eigenvalue weighted by molar-refractivity contribution is 0.0250. The molecule has 1 aromatic rings. The van der Waals surface area contributed by atoms with E-state index in [0.717, 1.165) is 32.1 Å². The van der Waals surface area contributed by atoms with Gasteiger partial charge in [0, 0.05) is 0 Å². The molecule has 0 aliphatic heterocycles. The first-order valence-electron chi connectivity index (χ1n) is 7.13. The zero-order valence-corrected chi connectivity index (χ0v) is 12.1. The fourth-order valence-electron chi connectivity index (χ4n) is 2.08. The van der Waals surface area contributed by atoms with Gasteiger partial charge < -0.3 is 9.84 Å². The molecular formula is C16H22O4. The van der Waals surface area contributed by atoms with Crippen molar-refractivity contribution in [1.82, 2.24) is 0 Å². The van der Waals surface area contributed by atoms with Gasteiger partial charge in [-0.3, -0.25) is 0 Å². The van der Waals surface area contributed by atoms with Gasteiger partial charge in [0.15, 0.2) is 0 Å². The highest BCUT2D eigenvalue weighted by Gasteiger charge is 2.20. The third-order valence-electron chi connectivity index (χ3n) is 3.14. The van der Waals surface area contributed by atoms with Crippen LogP contribution in [0.3, 0.4) is 0 Å². The van der Waals surface area contributed by atoms with E-state index in [1.807, 2.05) is 6.92 Å². The maximum absolute atomic E-state index is 12.1. The molecule has 0 amide bonds. The lowest BCUT2D eigenvalue weighted by Gasteiger charge is -2.17. The maximum Gasteiger partial charge on any atom is 0.339 e. The van der Waals surface area contributed by atoms with Crippen LogP contribution in [0.15, 0.2) is 24.3 Å². The molecule has 0 saturated carbocycles. The van der Waals surface area contributed by atoms with Gasteiger partial charge in [-0.1, -0.05) is 45.2 Å². The molecule has 4 nitrogen and oxygen atoms in total. The Morgan fingerprint density at radius 3 is 2.30 bits per heavy atom. The Bertz CT molecular complexity index is 454. The Labute approximate surface area is 119 Å². The zero-order valence-electron chi connectivity index (χ0n) is 12.1.